The zero-order valence-corrected chi connectivity index (χ0v) is 14.7. The Bertz CT molecular complexity index is 948. The van der Waals surface area contributed by atoms with Crippen molar-refractivity contribution in [2.75, 3.05) is 13.1 Å². The maximum atomic E-state index is 12.7. The summed E-state index contributed by atoms with van der Waals surface area (Å²) in [6.45, 7) is 3.44. The zero-order chi connectivity index (χ0) is 18.3. The zero-order valence-electron chi connectivity index (χ0n) is 14.7. The number of hydrogen-bond donors (Lipinski definition) is 3. The molecule has 1 aliphatic heterocycles. The summed E-state index contributed by atoms with van der Waals surface area (Å²) < 4.78 is 0. The highest BCUT2D eigenvalue weighted by molar-refractivity contribution is 5.95. The second-order valence-corrected chi connectivity index (χ2v) is 7.01. The number of aromatic amines is 1. The molecule has 5 heteroatoms. The molecule has 0 bridgehead atoms. The standard InChI is InChI=1S/C21H22N2O3/c1-13-20(18-4-2-3-5-19(18)22-13)14-6-8-23(9-7-14)21(26)15-10-16(24)12-17(25)11-15/h2-5,10-12,14,22,24-25H,6-9H2,1H3. The number of likely N-dealkylation sites (tertiary alicyclic amines) is 1. The number of nitrogens with zero attached hydrogens (tertiary/aromatic N) is 1. The van der Waals surface area contributed by atoms with Crippen molar-refractivity contribution in [3.63, 3.8) is 0 Å². The van der Waals surface area contributed by atoms with Gasteiger partial charge >= 0.3 is 0 Å². The molecule has 0 spiro atoms. The van der Waals surface area contributed by atoms with E-state index in [0.29, 0.717) is 24.6 Å². The maximum Gasteiger partial charge on any atom is 0.254 e. The van der Waals surface area contributed by atoms with Crippen molar-refractivity contribution >= 4 is 16.8 Å². The lowest BCUT2D eigenvalue weighted by Gasteiger charge is -2.32. The van der Waals surface area contributed by atoms with E-state index in [0.717, 1.165) is 18.4 Å². The Kier molecular flexibility index (Phi) is 4.07. The molecule has 1 aliphatic rings. The van der Waals surface area contributed by atoms with E-state index in [1.807, 2.05) is 6.07 Å². The molecule has 2 heterocycles. The number of carbonyl (C=O) groups is 1. The normalized spacial score (nSPS) is 15.5. The summed E-state index contributed by atoms with van der Waals surface area (Å²) >= 11 is 0. The number of para-hydroxylation sites is 1. The summed E-state index contributed by atoms with van der Waals surface area (Å²) in [4.78, 5) is 17.9. The summed E-state index contributed by atoms with van der Waals surface area (Å²) in [5, 5.41) is 20.5. The minimum atomic E-state index is -0.148. The number of piperidine rings is 1. The van der Waals surface area contributed by atoms with E-state index in [-0.39, 0.29) is 17.4 Å². The van der Waals surface area contributed by atoms with Crippen molar-refractivity contribution < 1.29 is 15.0 Å². The van der Waals surface area contributed by atoms with Crippen molar-refractivity contribution in [3.05, 3.63) is 59.3 Å². The van der Waals surface area contributed by atoms with E-state index in [9.17, 15) is 15.0 Å². The first-order chi connectivity index (χ1) is 12.5. The van der Waals surface area contributed by atoms with Gasteiger partial charge in [-0.1, -0.05) is 18.2 Å². The number of nitrogens with one attached hydrogen (secondary N) is 1. The molecular formula is C21H22N2O3. The van der Waals surface area contributed by atoms with Crippen molar-refractivity contribution in [1.29, 1.82) is 0 Å². The minimum absolute atomic E-state index is 0.0994. The fourth-order valence-electron chi connectivity index (χ4n) is 4.10. The lowest BCUT2D eigenvalue weighted by molar-refractivity contribution is 0.0712. The first-order valence-electron chi connectivity index (χ1n) is 8.92. The molecule has 1 aromatic heterocycles. The van der Waals surface area contributed by atoms with Crippen molar-refractivity contribution in [3.8, 4) is 11.5 Å². The Balaban J connectivity index is 1.52. The highest BCUT2D eigenvalue weighted by Gasteiger charge is 2.27. The largest absolute Gasteiger partial charge is 0.508 e. The second-order valence-electron chi connectivity index (χ2n) is 7.01. The average molecular weight is 350 g/mol. The predicted octanol–water partition coefficient (Wildman–Crippen LogP) is 3.91. The van der Waals surface area contributed by atoms with Gasteiger partial charge in [-0.3, -0.25) is 4.79 Å². The van der Waals surface area contributed by atoms with Crippen LogP contribution >= 0.6 is 0 Å². The van der Waals surface area contributed by atoms with Crippen LogP contribution in [0.5, 0.6) is 11.5 Å². The number of hydrogen-bond acceptors (Lipinski definition) is 3. The number of aryl methyl sites for hydroxylation is 1. The Morgan fingerprint density at radius 1 is 1.08 bits per heavy atom. The number of benzene rings is 2. The van der Waals surface area contributed by atoms with E-state index >= 15 is 0 Å². The van der Waals surface area contributed by atoms with Gasteiger partial charge in [0.05, 0.1) is 0 Å². The van der Waals surface area contributed by atoms with Gasteiger partial charge < -0.3 is 20.1 Å². The fraction of sp³-hybridized carbons (Fsp3) is 0.286. The van der Waals surface area contributed by atoms with Gasteiger partial charge in [-0.15, -0.1) is 0 Å². The molecule has 0 radical (unpaired) electrons. The third kappa shape index (κ3) is 2.90. The van der Waals surface area contributed by atoms with Crippen LogP contribution in [0.1, 0.15) is 40.4 Å². The van der Waals surface area contributed by atoms with Gasteiger partial charge in [0.1, 0.15) is 11.5 Å². The minimum Gasteiger partial charge on any atom is -0.508 e. The van der Waals surface area contributed by atoms with Crippen LogP contribution in [0.25, 0.3) is 10.9 Å². The Labute approximate surface area is 151 Å². The molecule has 134 valence electrons. The summed E-state index contributed by atoms with van der Waals surface area (Å²) in [6.07, 6.45) is 1.80. The highest BCUT2D eigenvalue weighted by atomic mass is 16.3. The molecular weight excluding hydrogens is 328 g/mol. The van der Waals surface area contributed by atoms with Crippen molar-refractivity contribution in [2.45, 2.75) is 25.7 Å². The SMILES string of the molecule is Cc1[nH]c2ccccc2c1C1CCN(C(=O)c2cc(O)cc(O)c2)CC1. The Morgan fingerprint density at radius 2 is 1.73 bits per heavy atom. The first-order valence-corrected chi connectivity index (χ1v) is 8.92. The van der Waals surface area contributed by atoms with Gasteiger partial charge in [-0.25, -0.2) is 0 Å². The van der Waals surface area contributed by atoms with E-state index in [2.05, 4.69) is 30.1 Å². The summed E-state index contributed by atoms with van der Waals surface area (Å²) in [5.74, 6) is 0.0772. The Hall–Kier alpha value is -2.95. The van der Waals surface area contributed by atoms with Crippen LogP contribution in [0.15, 0.2) is 42.5 Å². The van der Waals surface area contributed by atoms with Gasteiger partial charge in [-0.2, -0.15) is 0 Å². The number of amides is 1. The molecule has 26 heavy (non-hydrogen) atoms. The molecule has 0 saturated carbocycles. The lowest BCUT2D eigenvalue weighted by atomic mass is 9.87. The number of H-pyrrole nitrogens is 1. The lowest BCUT2D eigenvalue weighted by Crippen LogP contribution is -2.38. The maximum absolute atomic E-state index is 12.7. The molecule has 0 atom stereocenters. The van der Waals surface area contributed by atoms with Crippen LogP contribution in [0, 0.1) is 6.92 Å². The highest BCUT2D eigenvalue weighted by Crippen LogP contribution is 2.36. The van der Waals surface area contributed by atoms with Crippen LogP contribution in [-0.2, 0) is 0 Å². The molecule has 3 aromatic rings. The molecule has 0 aliphatic carbocycles. The van der Waals surface area contributed by atoms with Gasteiger partial charge in [0, 0.05) is 41.3 Å². The van der Waals surface area contributed by atoms with Crippen LogP contribution in [0.2, 0.25) is 0 Å². The van der Waals surface area contributed by atoms with Gasteiger partial charge in [-0.05, 0) is 49.4 Å². The topological polar surface area (TPSA) is 76.6 Å². The smallest absolute Gasteiger partial charge is 0.254 e. The van der Waals surface area contributed by atoms with Crippen LogP contribution in [0.4, 0.5) is 0 Å². The molecule has 5 nitrogen and oxygen atoms in total. The summed E-state index contributed by atoms with van der Waals surface area (Å²) in [5.41, 5.74) is 4.05. The molecule has 1 amide bonds. The molecule has 4 rings (SSSR count). The fourth-order valence-corrected chi connectivity index (χ4v) is 4.10. The molecule has 1 fully saturated rings. The van der Waals surface area contributed by atoms with Crippen LogP contribution < -0.4 is 0 Å². The van der Waals surface area contributed by atoms with E-state index < -0.39 is 0 Å². The number of phenolic OH excluding ortho intramolecular Hbond substituents is 2. The quantitative estimate of drug-likeness (QED) is 0.656. The number of fused-ring (bicyclic) bond motifs is 1. The van der Waals surface area contributed by atoms with Gasteiger partial charge in [0.15, 0.2) is 0 Å². The molecule has 0 unspecified atom stereocenters. The predicted molar refractivity (Wildman–Crippen MR) is 101 cm³/mol. The van der Waals surface area contributed by atoms with Crippen LogP contribution in [0.3, 0.4) is 0 Å². The first kappa shape index (κ1) is 16.5. The summed E-state index contributed by atoms with van der Waals surface area (Å²) in [7, 11) is 0. The number of phenols is 2. The van der Waals surface area contributed by atoms with E-state index in [1.54, 1.807) is 4.90 Å². The van der Waals surface area contributed by atoms with Gasteiger partial charge in [0.2, 0.25) is 0 Å². The third-order valence-corrected chi connectivity index (χ3v) is 5.28. The summed E-state index contributed by atoms with van der Waals surface area (Å²) in [6, 6.07) is 12.4. The van der Waals surface area contributed by atoms with Crippen molar-refractivity contribution in [1.82, 2.24) is 9.88 Å². The number of aromatic hydroxyl groups is 2. The monoisotopic (exact) mass is 350 g/mol. The van der Waals surface area contributed by atoms with E-state index in [1.165, 1.54) is 34.8 Å². The Morgan fingerprint density at radius 3 is 2.42 bits per heavy atom. The van der Waals surface area contributed by atoms with Crippen molar-refractivity contribution in [2.24, 2.45) is 0 Å². The van der Waals surface area contributed by atoms with Crippen LogP contribution in [-0.4, -0.2) is 39.1 Å². The number of rotatable bonds is 2. The second kappa shape index (κ2) is 6.41. The number of aromatic nitrogens is 1. The molecule has 3 N–H and O–H groups in total. The molecule has 2 aromatic carbocycles. The van der Waals surface area contributed by atoms with E-state index in [4.69, 9.17) is 0 Å². The third-order valence-electron chi connectivity index (χ3n) is 5.28. The van der Waals surface area contributed by atoms with Gasteiger partial charge in [0.25, 0.3) is 5.91 Å². The number of carbonyl (C=O) groups excluding carboxylic acids is 1. The average Bonchev–Trinajstić information content (AvgIpc) is 2.96. The molecule has 1 saturated heterocycles.